The predicted octanol–water partition coefficient (Wildman–Crippen LogP) is 3.22. The number of nitrogens with zero attached hydrogens (tertiary/aromatic N) is 1. The highest BCUT2D eigenvalue weighted by atomic mass is 19.4. The average Bonchev–Trinajstić information content (AvgIpc) is 3.14. The van der Waals surface area contributed by atoms with Gasteiger partial charge in [0, 0.05) is 18.3 Å². The molecular formula is C19H20F3N3O. The molecular weight excluding hydrogens is 343 g/mol. The van der Waals surface area contributed by atoms with Crippen molar-refractivity contribution >= 4 is 5.91 Å². The monoisotopic (exact) mass is 363 g/mol. The van der Waals surface area contributed by atoms with Gasteiger partial charge in [-0.25, -0.2) is 0 Å². The fraction of sp³-hybridized carbons (Fsp3) is 0.368. The molecule has 1 atom stereocenters. The van der Waals surface area contributed by atoms with Crippen molar-refractivity contribution in [1.82, 2.24) is 15.6 Å². The normalized spacial score (nSPS) is 17.3. The van der Waals surface area contributed by atoms with Crippen LogP contribution in [0.15, 0.2) is 42.6 Å². The molecule has 0 bridgehead atoms. The van der Waals surface area contributed by atoms with E-state index < -0.39 is 12.6 Å². The number of pyridine rings is 1. The van der Waals surface area contributed by atoms with Gasteiger partial charge in [-0.15, -0.1) is 0 Å². The van der Waals surface area contributed by atoms with Crippen molar-refractivity contribution in [3.8, 4) is 11.3 Å². The van der Waals surface area contributed by atoms with Gasteiger partial charge < -0.3 is 10.6 Å². The standard InChI is InChI=1S/C19H20F3N3O/c20-19(21,22)11-13-3-5-15(6-4-13)17-10-14(7-9-24-17)12-25-18(26)16-2-1-8-23-16/h3-7,9-10,16,23H,1-2,8,11-12H2,(H,25,26). The highest BCUT2D eigenvalue weighted by Gasteiger charge is 2.27. The minimum atomic E-state index is -4.22. The Balaban J connectivity index is 1.64. The largest absolute Gasteiger partial charge is 0.393 e. The highest BCUT2D eigenvalue weighted by molar-refractivity contribution is 5.82. The van der Waals surface area contributed by atoms with Crippen LogP contribution in [-0.2, 0) is 17.8 Å². The van der Waals surface area contributed by atoms with Gasteiger partial charge in [-0.05, 0) is 42.6 Å². The van der Waals surface area contributed by atoms with E-state index in [-0.39, 0.29) is 17.5 Å². The predicted molar refractivity (Wildman–Crippen MR) is 92.3 cm³/mol. The molecule has 2 aromatic rings. The molecule has 2 N–H and O–H groups in total. The second-order valence-corrected chi connectivity index (χ2v) is 6.40. The topological polar surface area (TPSA) is 54.0 Å². The molecule has 2 heterocycles. The fourth-order valence-electron chi connectivity index (χ4n) is 2.99. The zero-order chi connectivity index (χ0) is 18.6. The number of nitrogens with one attached hydrogen (secondary N) is 2. The first-order valence-electron chi connectivity index (χ1n) is 8.53. The molecule has 1 unspecified atom stereocenters. The van der Waals surface area contributed by atoms with E-state index in [1.165, 1.54) is 12.1 Å². The van der Waals surface area contributed by atoms with Gasteiger partial charge in [-0.3, -0.25) is 9.78 Å². The summed E-state index contributed by atoms with van der Waals surface area (Å²) in [5, 5.41) is 6.05. The van der Waals surface area contributed by atoms with Crippen LogP contribution in [0.4, 0.5) is 13.2 Å². The lowest BCUT2D eigenvalue weighted by molar-refractivity contribution is -0.127. The van der Waals surface area contributed by atoms with Gasteiger partial charge in [0.1, 0.15) is 0 Å². The Morgan fingerprint density at radius 2 is 1.96 bits per heavy atom. The molecule has 1 fully saturated rings. The number of benzene rings is 1. The lowest BCUT2D eigenvalue weighted by Gasteiger charge is -2.12. The van der Waals surface area contributed by atoms with Crippen LogP contribution in [0.5, 0.6) is 0 Å². The first-order chi connectivity index (χ1) is 12.4. The van der Waals surface area contributed by atoms with Gasteiger partial charge in [-0.1, -0.05) is 24.3 Å². The third kappa shape index (κ3) is 5.05. The Hall–Kier alpha value is -2.41. The van der Waals surface area contributed by atoms with E-state index in [4.69, 9.17) is 0 Å². The third-order valence-corrected chi connectivity index (χ3v) is 4.32. The van der Waals surface area contributed by atoms with E-state index in [2.05, 4.69) is 15.6 Å². The maximum atomic E-state index is 12.4. The van der Waals surface area contributed by atoms with Crippen LogP contribution >= 0.6 is 0 Å². The summed E-state index contributed by atoms with van der Waals surface area (Å²) >= 11 is 0. The average molecular weight is 363 g/mol. The minimum absolute atomic E-state index is 0.0163. The lowest BCUT2D eigenvalue weighted by Crippen LogP contribution is -2.40. The van der Waals surface area contributed by atoms with Crippen LogP contribution in [0.2, 0.25) is 0 Å². The molecule has 3 rings (SSSR count). The van der Waals surface area contributed by atoms with Gasteiger partial charge in [0.25, 0.3) is 0 Å². The van der Waals surface area contributed by atoms with Crippen LogP contribution in [-0.4, -0.2) is 29.7 Å². The molecule has 0 aliphatic carbocycles. The molecule has 138 valence electrons. The number of aromatic nitrogens is 1. The number of hydrogen-bond acceptors (Lipinski definition) is 3. The number of carbonyl (C=O) groups excluding carboxylic acids is 1. The van der Waals surface area contributed by atoms with Crippen molar-refractivity contribution in [3.63, 3.8) is 0 Å². The van der Waals surface area contributed by atoms with Gasteiger partial charge >= 0.3 is 6.18 Å². The van der Waals surface area contributed by atoms with Crippen molar-refractivity contribution in [1.29, 1.82) is 0 Å². The van der Waals surface area contributed by atoms with Gasteiger partial charge in [0.15, 0.2) is 0 Å². The second-order valence-electron chi connectivity index (χ2n) is 6.40. The van der Waals surface area contributed by atoms with Crippen molar-refractivity contribution in [3.05, 3.63) is 53.7 Å². The van der Waals surface area contributed by atoms with E-state index in [0.29, 0.717) is 12.2 Å². The summed E-state index contributed by atoms with van der Waals surface area (Å²) in [6.07, 6.45) is -1.68. The zero-order valence-corrected chi connectivity index (χ0v) is 14.1. The molecule has 1 amide bonds. The minimum Gasteiger partial charge on any atom is -0.351 e. The SMILES string of the molecule is O=C(NCc1ccnc(-c2ccc(CC(F)(F)F)cc2)c1)C1CCCN1. The van der Waals surface area contributed by atoms with Crippen molar-refractivity contribution in [2.45, 2.75) is 38.0 Å². The summed E-state index contributed by atoms with van der Waals surface area (Å²) in [5.74, 6) is -0.0163. The molecule has 0 spiro atoms. The molecule has 7 heteroatoms. The lowest BCUT2D eigenvalue weighted by atomic mass is 10.1. The van der Waals surface area contributed by atoms with E-state index >= 15 is 0 Å². The number of carbonyl (C=O) groups is 1. The molecule has 26 heavy (non-hydrogen) atoms. The maximum absolute atomic E-state index is 12.4. The number of hydrogen-bond donors (Lipinski definition) is 2. The maximum Gasteiger partial charge on any atom is 0.393 e. The summed E-state index contributed by atoms with van der Waals surface area (Å²) in [6.45, 7) is 1.25. The Morgan fingerprint density at radius 3 is 2.62 bits per heavy atom. The van der Waals surface area contributed by atoms with Crippen molar-refractivity contribution in [2.75, 3.05) is 6.54 Å². The number of rotatable bonds is 5. The van der Waals surface area contributed by atoms with Gasteiger partial charge in [0.05, 0.1) is 18.2 Å². The fourth-order valence-corrected chi connectivity index (χ4v) is 2.99. The smallest absolute Gasteiger partial charge is 0.351 e. The summed E-state index contributed by atoms with van der Waals surface area (Å²) in [5.41, 5.74) is 2.50. The molecule has 1 aromatic heterocycles. The molecule has 1 aromatic carbocycles. The number of halogens is 3. The highest BCUT2D eigenvalue weighted by Crippen LogP contribution is 2.24. The van der Waals surface area contributed by atoms with Crippen LogP contribution in [0.3, 0.4) is 0 Å². The Morgan fingerprint density at radius 1 is 1.19 bits per heavy atom. The van der Waals surface area contributed by atoms with Crippen LogP contribution < -0.4 is 10.6 Å². The first kappa shape index (κ1) is 18.4. The summed E-state index contributed by atoms with van der Waals surface area (Å²) in [6, 6.07) is 9.71. The summed E-state index contributed by atoms with van der Waals surface area (Å²) in [7, 11) is 0. The van der Waals surface area contributed by atoms with Crippen molar-refractivity contribution < 1.29 is 18.0 Å². The molecule has 1 aliphatic rings. The Kier molecular flexibility index (Phi) is 5.56. The van der Waals surface area contributed by atoms with E-state index in [1.54, 1.807) is 18.3 Å². The summed E-state index contributed by atoms with van der Waals surface area (Å²) < 4.78 is 37.3. The molecule has 1 aliphatic heterocycles. The summed E-state index contributed by atoms with van der Waals surface area (Å²) in [4.78, 5) is 16.3. The molecule has 1 saturated heterocycles. The van der Waals surface area contributed by atoms with Gasteiger partial charge in [0.2, 0.25) is 5.91 Å². The Labute approximate surface area is 149 Å². The molecule has 4 nitrogen and oxygen atoms in total. The van der Waals surface area contributed by atoms with Crippen LogP contribution in [0.1, 0.15) is 24.0 Å². The quantitative estimate of drug-likeness (QED) is 0.858. The zero-order valence-electron chi connectivity index (χ0n) is 14.1. The van der Waals surface area contributed by atoms with E-state index in [9.17, 15) is 18.0 Å². The third-order valence-electron chi connectivity index (χ3n) is 4.32. The van der Waals surface area contributed by atoms with E-state index in [1.807, 2.05) is 12.1 Å². The molecule has 0 saturated carbocycles. The number of amides is 1. The second kappa shape index (κ2) is 7.86. The molecule has 0 radical (unpaired) electrons. The van der Waals surface area contributed by atoms with Gasteiger partial charge in [-0.2, -0.15) is 13.2 Å². The Bertz CT molecular complexity index is 753. The van der Waals surface area contributed by atoms with Crippen LogP contribution in [0, 0.1) is 0 Å². The van der Waals surface area contributed by atoms with Crippen LogP contribution in [0.25, 0.3) is 11.3 Å². The number of alkyl halides is 3. The van der Waals surface area contributed by atoms with E-state index in [0.717, 1.165) is 30.5 Å². The van der Waals surface area contributed by atoms with Crippen molar-refractivity contribution in [2.24, 2.45) is 0 Å². The first-order valence-corrected chi connectivity index (χ1v) is 8.53.